The second kappa shape index (κ2) is 11.6. The maximum Gasteiger partial charge on any atom is 0.191 e. The van der Waals surface area contributed by atoms with Crippen molar-refractivity contribution in [1.29, 1.82) is 0 Å². The molecule has 0 aliphatic carbocycles. The van der Waals surface area contributed by atoms with Gasteiger partial charge in [0.05, 0.1) is 11.0 Å². The summed E-state index contributed by atoms with van der Waals surface area (Å²) in [4.78, 5) is 12.0. The zero-order valence-corrected chi connectivity index (χ0v) is 19.8. The minimum absolute atomic E-state index is 0. The topological polar surface area (TPSA) is 57.5 Å². The lowest BCUT2D eigenvalue weighted by Crippen LogP contribution is -2.38. The third kappa shape index (κ3) is 6.07. The molecule has 2 N–H and O–H groups in total. The molecule has 1 saturated heterocycles. The Bertz CT molecular complexity index is 756. The fraction of sp³-hybridized carbons (Fsp3) is 0.619. The molecule has 7 heteroatoms. The average Bonchev–Trinajstić information content (AvgIpc) is 3.27. The number of imidazole rings is 1. The van der Waals surface area contributed by atoms with E-state index in [-0.39, 0.29) is 24.0 Å². The first-order valence-corrected chi connectivity index (χ1v) is 10.4. The largest absolute Gasteiger partial charge is 0.357 e. The number of aromatic nitrogens is 2. The van der Waals surface area contributed by atoms with Gasteiger partial charge in [0.2, 0.25) is 0 Å². The van der Waals surface area contributed by atoms with Gasteiger partial charge < -0.3 is 20.1 Å². The minimum Gasteiger partial charge on any atom is -0.357 e. The smallest absolute Gasteiger partial charge is 0.191 e. The summed E-state index contributed by atoms with van der Waals surface area (Å²) in [7, 11) is 0. The molecule has 1 atom stereocenters. The Kier molecular flexibility index (Phi) is 9.50. The number of hydrogen-bond acceptors (Lipinski definition) is 3. The van der Waals surface area contributed by atoms with Crippen molar-refractivity contribution in [3.8, 4) is 0 Å². The molecule has 1 aromatic carbocycles. The van der Waals surface area contributed by atoms with Crippen LogP contribution in [0, 0.1) is 12.8 Å². The Labute approximate surface area is 186 Å². The fourth-order valence-electron chi connectivity index (χ4n) is 3.83. The number of hydrogen-bond donors (Lipinski definition) is 2. The lowest BCUT2D eigenvalue weighted by atomic mass is 10.1. The predicted octanol–water partition coefficient (Wildman–Crippen LogP) is 3.25. The van der Waals surface area contributed by atoms with Crippen molar-refractivity contribution in [2.45, 2.75) is 40.2 Å². The van der Waals surface area contributed by atoms with Gasteiger partial charge in [0.25, 0.3) is 0 Å². The second-order valence-corrected chi connectivity index (χ2v) is 7.35. The van der Waals surface area contributed by atoms with Crippen molar-refractivity contribution >= 4 is 41.0 Å². The third-order valence-electron chi connectivity index (χ3n) is 5.37. The van der Waals surface area contributed by atoms with Gasteiger partial charge >= 0.3 is 0 Å². The van der Waals surface area contributed by atoms with E-state index in [1.54, 1.807) is 0 Å². The van der Waals surface area contributed by atoms with Crippen LogP contribution in [-0.4, -0.2) is 59.7 Å². The highest BCUT2D eigenvalue weighted by molar-refractivity contribution is 14.0. The molecule has 1 fully saturated rings. The molecule has 0 saturated carbocycles. The maximum atomic E-state index is 4.81. The first kappa shape index (κ1) is 22.9. The molecule has 0 bridgehead atoms. The number of guanidine groups is 1. The summed E-state index contributed by atoms with van der Waals surface area (Å²) in [5, 5.41) is 6.86. The summed E-state index contributed by atoms with van der Waals surface area (Å²) in [6.07, 6.45) is 2.31. The maximum absolute atomic E-state index is 4.81. The van der Waals surface area contributed by atoms with Crippen LogP contribution in [0.25, 0.3) is 11.0 Å². The highest BCUT2D eigenvalue weighted by Crippen LogP contribution is 2.16. The normalized spacial score (nSPS) is 17.7. The molecule has 1 aliphatic rings. The van der Waals surface area contributed by atoms with E-state index in [1.807, 2.05) is 6.07 Å². The molecule has 3 rings (SSSR count). The van der Waals surface area contributed by atoms with E-state index in [0.29, 0.717) is 5.92 Å². The quantitative estimate of drug-likeness (QED) is 0.254. The zero-order chi connectivity index (χ0) is 19.1. The number of fused-ring (bicyclic) bond motifs is 1. The van der Waals surface area contributed by atoms with Gasteiger partial charge in [-0.3, -0.25) is 4.99 Å². The van der Waals surface area contributed by atoms with Crippen LogP contribution in [0.3, 0.4) is 0 Å². The van der Waals surface area contributed by atoms with Crippen molar-refractivity contribution in [2.75, 3.05) is 39.3 Å². The summed E-state index contributed by atoms with van der Waals surface area (Å²) >= 11 is 0. The van der Waals surface area contributed by atoms with Crippen molar-refractivity contribution < 1.29 is 0 Å². The van der Waals surface area contributed by atoms with E-state index in [1.165, 1.54) is 25.0 Å². The molecule has 28 heavy (non-hydrogen) atoms. The first-order valence-electron chi connectivity index (χ1n) is 10.4. The summed E-state index contributed by atoms with van der Waals surface area (Å²) < 4.78 is 2.30. The fourth-order valence-corrected chi connectivity index (χ4v) is 3.83. The molecule has 1 aliphatic heterocycles. The van der Waals surface area contributed by atoms with E-state index < -0.39 is 0 Å². The van der Waals surface area contributed by atoms with Crippen LogP contribution < -0.4 is 10.6 Å². The number of rotatable bonds is 8. The summed E-state index contributed by atoms with van der Waals surface area (Å²) in [6.45, 7) is 13.7. The number of aliphatic imine (C=N–C) groups is 1. The van der Waals surface area contributed by atoms with Gasteiger partial charge in [0.1, 0.15) is 5.82 Å². The molecule has 156 valence electrons. The molecule has 1 unspecified atom stereocenters. The van der Waals surface area contributed by atoms with Gasteiger partial charge in [-0.25, -0.2) is 4.98 Å². The van der Waals surface area contributed by atoms with Crippen molar-refractivity contribution in [3.05, 3.63) is 30.1 Å². The molecule has 6 nitrogen and oxygen atoms in total. The number of nitrogens with one attached hydrogen (secondary N) is 2. The Balaban J connectivity index is 0.00000280. The first-order chi connectivity index (χ1) is 13.2. The summed E-state index contributed by atoms with van der Waals surface area (Å²) in [5.74, 6) is 2.72. The van der Waals surface area contributed by atoms with Crippen molar-refractivity contribution in [1.82, 2.24) is 25.1 Å². The Hall–Kier alpha value is -1.35. The molecule has 2 aromatic rings. The van der Waals surface area contributed by atoms with Crippen LogP contribution in [-0.2, 0) is 6.54 Å². The van der Waals surface area contributed by atoms with Gasteiger partial charge in [-0.1, -0.05) is 19.1 Å². The van der Waals surface area contributed by atoms with E-state index >= 15 is 0 Å². The molecular weight excluding hydrogens is 463 g/mol. The highest BCUT2D eigenvalue weighted by Gasteiger charge is 2.20. The molecule has 2 heterocycles. The predicted molar refractivity (Wildman–Crippen MR) is 129 cm³/mol. The Morgan fingerprint density at radius 3 is 2.82 bits per heavy atom. The van der Waals surface area contributed by atoms with Crippen LogP contribution in [0.1, 0.15) is 32.5 Å². The standard InChI is InChI=1S/C21H34N6.HI/c1-4-22-21(24-15-18-11-14-26(5-2)16-18)23-12-8-13-27-17(3)25-19-9-6-7-10-20(19)27;/h6-7,9-10,18H,4-5,8,11-16H2,1-3H3,(H2,22,23,24);1H. The third-order valence-corrected chi connectivity index (χ3v) is 5.37. The number of benzene rings is 1. The molecule has 0 spiro atoms. The Morgan fingerprint density at radius 1 is 1.25 bits per heavy atom. The molecule has 0 amide bonds. The van der Waals surface area contributed by atoms with Gasteiger partial charge in [-0.05, 0) is 57.8 Å². The number of likely N-dealkylation sites (tertiary alicyclic amines) is 1. The highest BCUT2D eigenvalue weighted by atomic mass is 127. The number of halogens is 1. The van der Waals surface area contributed by atoms with E-state index in [9.17, 15) is 0 Å². The minimum atomic E-state index is 0. The molecule has 1 aromatic heterocycles. The number of aryl methyl sites for hydroxylation is 2. The average molecular weight is 498 g/mol. The van der Waals surface area contributed by atoms with Crippen LogP contribution in [0.5, 0.6) is 0 Å². The van der Waals surface area contributed by atoms with Crippen LogP contribution in [0.4, 0.5) is 0 Å². The zero-order valence-electron chi connectivity index (χ0n) is 17.4. The van der Waals surface area contributed by atoms with Crippen LogP contribution in [0.2, 0.25) is 0 Å². The number of para-hydroxylation sites is 2. The lowest BCUT2D eigenvalue weighted by Gasteiger charge is -2.14. The monoisotopic (exact) mass is 498 g/mol. The van der Waals surface area contributed by atoms with Gasteiger partial charge in [0, 0.05) is 32.7 Å². The SMILES string of the molecule is CCNC(=NCC1CCN(CC)C1)NCCCn1c(C)nc2ccccc21.I. The second-order valence-electron chi connectivity index (χ2n) is 7.35. The Morgan fingerprint density at radius 2 is 2.07 bits per heavy atom. The van der Waals surface area contributed by atoms with Gasteiger partial charge in [-0.15, -0.1) is 24.0 Å². The van der Waals surface area contributed by atoms with Gasteiger partial charge in [-0.2, -0.15) is 0 Å². The van der Waals surface area contributed by atoms with E-state index in [4.69, 9.17) is 4.99 Å². The van der Waals surface area contributed by atoms with Crippen molar-refractivity contribution in [2.24, 2.45) is 10.9 Å². The molecule has 0 radical (unpaired) electrons. The lowest BCUT2D eigenvalue weighted by molar-refractivity contribution is 0.343. The van der Waals surface area contributed by atoms with Crippen molar-refractivity contribution in [3.63, 3.8) is 0 Å². The van der Waals surface area contributed by atoms with E-state index in [2.05, 4.69) is 64.1 Å². The summed E-state index contributed by atoms with van der Waals surface area (Å²) in [5.41, 5.74) is 2.30. The van der Waals surface area contributed by atoms with E-state index in [0.717, 1.165) is 56.4 Å². The summed E-state index contributed by atoms with van der Waals surface area (Å²) in [6, 6.07) is 8.35. The van der Waals surface area contributed by atoms with Crippen LogP contribution >= 0.6 is 24.0 Å². The molecular formula is C21H35IN6. The van der Waals surface area contributed by atoms with Crippen LogP contribution in [0.15, 0.2) is 29.3 Å². The van der Waals surface area contributed by atoms with Gasteiger partial charge in [0.15, 0.2) is 5.96 Å². The number of nitrogens with zero attached hydrogens (tertiary/aromatic N) is 4.